The first kappa shape index (κ1) is 19.8. The van der Waals surface area contributed by atoms with E-state index in [0.717, 1.165) is 12.8 Å². The van der Waals surface area contributed by atoms with Crippen molar-refractivity contribution in [1.29, 1.82) is 0 Å². The van der Waals surface area contributed by atoms with Gasteiger partial charge in [0.2, 0.25) is 5.91 Å². The summed E-state index contributed by atoms with van der Waals surface area (Å²) >= 11 is 0. The van der Waals surface area contributed by atoms with Gasteiger partial charge in [-0.1, -0.05) is 48.5 Å². The largest absolute Gasteiger partial charge is 0.354 e. The first-order chi connectivity index (χ1) is 14.6. The normalized spacial score (nSPS) is 13.0. The van der Waals surface area contributed by atoms with Gasteiger partial charge in [-0.3, -0.25) is 9.59 Å². The van der Waals surface area contributed by atoms with Gasteiger partial charge in [0.1, 0.15) is 5.82 Å². The highest BCUT2D eigenvalue weighted by atomic mass is 19.1. The predicted molar refractivity (Wildman–Crippen MR) is 114 cm³/mol. The van der Waals surface area contributed by atoms with Gasteiger partial charge >= 0.3 is 0 Å². The lowest BCUT2D eigenvalue weighted by Crippen LogP contribution is -2.38. The third-order valence-electron chi connectivity index (χ3n) is 5.54. The summed E-state index contributed by atoms with van der Waals surface area (Å²) in [4.78, 5) is 24.5. The Morgan fingerprint density at radius 2 is 1.37 bits per heavy atom. The number of halogens is 1. The molecule has 1 aliphatic rings. The van der Waals surface area contributed by atoms with Crippen molar-refractivity contribution in [3.05, 3.63) is 106 Å². The number of fused-ring (bicyclic) bond motifs is 2. The maximum Gasteiger partial charge on any atom is 0.251 e. The van der Waals surface area contributed by atoms with E-state index in [2.05, 4.69) is 47.0 Å². The second-order valence-electron chi connectivity index (χ2n) is 7.44. The zero-order valence-corrected chi connectivity index (χ0v) is 16.5. The predicted octanol–water partition coefficient (Wildman–Crippen LogP) is 3.60. The lowest BCUT2D eigenvalue weighted by atomic mass is 9.88. The number of hydrogen-bond acceptors (Lipinski definition) is 2. The minimum atomic E-state index is -0.409. The monoisotopic (exact) mass is 402 g/mol. The van der Waals surface area contributed by atoms with Gasteiger partial charge in [-0.05, 0) is 59.4 Å². The summed E-state index contributed by atoms with van der Waals surface area (Å²) in [5, 5.41) is 5.55. The lowest BCUT2D eigenvalue weighted by molar-refractivity contribution is -0.120. The molecular formula is C25H23FN2O2. The highest BCUT2D eigenvalue weighted by molar-refractivity contribution is 5.96. The van der Waals surface area contributed by atoms with Crippen LogP contribution in [0.3, 0.4) is 0 Å². The fourth-order valence-electron chi connectivity index (χ4n) is 4.00. The number of carbonyl (C=O) groups excluding carboxylic acids is 2. The molecule has 1 aliphatic carbocycles. The van der Waals surface area contributed by atoms with Crippen molar-refractivity contribution in [2.75, 3.05) is 13.1 Å². The third kappa shape index (κ3) is 4.40. The Hall–Kier alpha value is -3.47. The molecule has 0 unspecified atom stereocenters. The smallest absolute Gasteiger partial charge is 0.251 e. The summed E-state index contributed by atoms with van der Waals surface area (Å²) in [6.07, 6.45) is 1.96. The second kappa shape index (κ2) is 8.91. The molecule has 0 aliphatic heterocycles. The molecule has 3 aromatic rings. The highest BCUT2D eigenvalue weighted by Crippen LogP contribution is 2.33. The van der Waals surface area contributed by atoms with Gasteiger partial charge in [0, 0.05) is 18.0 Å². The molecule has 2 amide bonds. The molecule has 4 rings (SSSR count). The lowest BCUT2D eigenvalue weighted by Gasteiger charge is -2.21. The van der Waals surface area contributed by atoms with E-state index >= 15 is 0 Å². The fraction of sp³-hybridized carbons (Fsp3) is 0.200. The van der Waals surface area contributed by atoms with Crippen LogP contribution in [0, 0.1) is 5.82 Å². The van der Waals surface area contributed by atoms with Gasteiger partial charge in [-0.15, -0.1) is 0 Å². The van der Waals surface area contributed by atoms with Crippen LogP contribution in [-0.2, 0) is 17.6 Å². The molecule has 0 radical (unpaired) electrons. The van der Waals surface area contributed by atoms with Gasteiger partial charge in [-0.2, -0.15) is 0 Å². The maximum atomic E-state index is 13.0. The molecule has 0 fully saturated rings. The van der Waals surface area contributed by atoms with Crippen LogP contribution in [0.1, 0.15) is 38.5 Å². The zero-order valence-electron chi connectivity index (χ0n) is 16.5. The van der Waals surface area contributed by atoms with Gasteiger partial charge < -0.3 is 10.6 Å². The molecule has 152 valence electrons. The van der Waals surface area contributed by atoms with Crippen molar-refractivity contribution in [3.8, 4) is 0 Å². The Morgan fingerprint density at radius 3 is 1.97 bits per heavy atom. The number of nitrogens with one attached hydrogen (secondary N) is 2. The van der Waals surface area contributed by atoms with Crippen molar-refractivity contribution in [2.24, 2.45) is 0 Å². The van der Waals surface area contributed by atoms with Gasteiger partial charge in [0.15, 0.2) is 0 Å². The van der Waals surface area contributed by atoms with E-state index < -0.39 is 11.7 Å². The van der Waals surface area contributed by atoms with E-state index in [1.54, 1.807) is 0 Å². The van der Waals surface area contributed by atoms with Crippen molar-refractivity contribution in [1.82, 2.24) is 10.6 Å². The minimum Gasteiger partial charge on any atom is -0.354 e. The molecule has 0 bridgehead atoms. The van der Waals surface area contributed by atoms with Gasteiger partial charge in [0.25, 0.3) is 5.91 Å². The second-order valence-corrected chi connectivity index (χ2v) is 7.44. The summed E-state index contributed by atoms with van der Waals surface area (Å²) in [6.45, 7) is 0.325. The molecule has 0 saturated carbocycles. The van der Waals surface area contributed by atoms with Crippen molar-refractivity contribution in [2.45, 2.75) is 18.8 Å². The van der Waals surface area contributed by atoms with E-state index in [4.69, 9.17) is 0 Å². The first-order valence-corrected chi connectivity index (χ1v) is 10.1. The molecule has 0 atom stereocenters. The molecule has 0 aromatic heterocycles. The standard InChI is InChI=1S/C25H23FN2O2/c26-20-13-11-19(12-14-20)25(30)28-16-24(29)27-15-23-21-7-3-1-5-17(21)9-10-18-6-2-4-8-22(18)23/h1-8,11-14,23H,9-10,15-16H2,(H,27,29)(H,28,30). The third-order valence-corrected chi connectivity index (χ3v) is 5.54. The Balaban J connectivity index is 1.42. The Bertz CT molecular complexity index is 1020. The summed E-state index contributed by atoms with van der Waals surface area (Å²) < 4.78 is 13.0. The Kier molecular flexibility index (Phi) is 5.89. The Labute approximate surface area is 175 Å². The molecule has 0 spiro atoms. The highest BCUT2D eigenvalue weighted by Gasteiger charge is 2.23. The molecule has 2 N–H and O–H groups in total. The number of benzene rings is 3. The van der Waals surface area contributed by atoms with E-state index in [1.165, 1.54) is 46.5 Å². The van der Waals surface area contributed by atoms with Crippen LogP contribution in [0.2, 0.25) is 0 Å². The molecule has 30 heavy (non-hydrogen) atoms. The van der Waals surface area contributed by atoms with E-state index in [-0.39, 0.29) is 18.4 Å². The molecule has 0 heterocycles. The van der Waals surface area contributed by atoms with Crippen LogP contribution in [0.25, 0.3) is 0 Å². The van der Waals surface area contributed by atoms with Crippen molar-refractivity contribution in [3.63, 3.8) is 0 Å². The minimum absolute atomic E-state index is 0.0663. The average Bonchev–Trinajstić information content (AvgIpc) is 2.93. The molecule has 0 saturated heterocycles. The fourth-order valence-corrected chi connectivity index (χ4v) is 4.00. The van der Waals surface area contributed by atoms with E-state index in [1.807, 2.05) is 12.1 Å². The molecular weight excluding hydrogens is 379 g/mol. The van der Waals surface area contributed by atoms with Crippen LogP contribution in [0.4, 0.5) is 4.39 Å². The number of amides is 2. The van der Waals surface area contributed by atoms with Crippen LogP contribution in [0.5, 0.6) is 0 Å². The topological polar surface area (TPSA) is 58.2 Å². The van der Waals surface area contributed by atoms with Gasteiger partial charge in [0.05, 0.1) is 6.54 Å². The number of rotatable bonds is 5. The number of carbonyl (C=O) groups is 2. The van der Waals surface area contributed by atoms with Crippen LogP contribution >= 0.6 is 0 Å². The van der Waals surface area contributed by atoms with Crippen molar-refractivity contribution < 1.29 is 14.0 Å². The molecule has 3 aromatic carbocycles. The summed E-state index contributed by atoms with van der Waals surface area (Å²) in [5.74, 6) is -1.01. The van der Waals surface area contributed by atoms with Crippen LogP contribution in [-0.4, -0.2) is 24.9 Å². The number of hydrogen-bond donors (Lipinski definition) is 2. The average molecular weight is 402 g/mol. The maximum absolute atomic E-state index is 13.0. The van der Waals surface area contributed by atoms with Crippen molar-refractivity contribution >= 4 is 11.8 Å². The quantitative estimate of drug-likeness (QED) is 0.685. The summed E-state index contributed by atoms with van der Waals surface area (Å²) in [6, 6.07) is 21.9. The van der Waals surface area contributed by atoms with E-state index in [0.29, 0.717) is 12.1 Å². The van der Waals surface area contributed by atoms with E-state index in [9.17, 15) is 14.0 Å². The number of aryl methyl sites for hydroxylation is 2. The summed E-state index contributed by atoms with van der Waals surface area (Å²) in [5.41, 5.74) is 5.39. The molecule has 5 heteroatoms. The molecule has 4 nitrogen and oxygen atoms in total. The Morgan fingerprint density at radius 1 is 0.800 bits per heavy atom. The van der Waals surface area contributed by atoms with Crippen LogP contribution in [0.15, 0.2) is 72.8 Å². The first-order valence-electron chi connectivity index (χ1n) is 10.1. The SMILES string of the molecule is O=C(CNC(=O)c1ccc(F)cc1)NCC1c2ccccc2CCc2ccccc21. The zero-order chi connectivity index (χ0) is 20.9. The summed E-state index contributed by atoms with van der Waals surface area (Å²) in [7, 11) is 0. The van der Waals surface area contributed by atoms with Gasteiger partial charge in [-0.25, -0.2) is 4.39 Å². The van der Waals surface area contributed by atoms with Crippen LogP contribution < -0.4 is 10.6 Å².